The zero-order valence-corrected chi connectivity index (χ0v) is 16.8. The monoisotopic (exact) mass is 439 g/mol. The highest BCUT2D eigenvalue weighted by molar-refractivity contribution is 14.0. The number of nitrogens with zero attached hydrogens (tertiary/aromatic N) is 1. The van der Waals surface area contributed by atoms with Crippen molar-refractivity contribution in [2.75, 3.05) is 6.54 Å². The Labute approximate surface area is 163 Å². The minimum atomic E-state index is 0. The molecule has 4 rings (SSSR count). The van der Waals surface area contributed by atoms with Crippen LogP contribution in [0.1, 0.15) is 63.4 Å². The van der Waals surface area contributed by atoms with Crippen LogP contribution in [0.25, 0.3) is 0 Å². The molecule has 1 aromatic carbocycles. The average Bonchev–Trinajstić information content (AvgIpc) is 3.51. The van der Waals surface area contributed by atoms with Gasteiger partial charge in [-0.3, -0.25) is 4.99 Å². The average molecular weight is 439 g/mol. The van der Waals surface area contributed by atoms with Crippen molar-refractivity contribution in [1.82, 2.24) is 10.6 Å². The molecule has 4 heteroatoms. The summed E-state index contributed by atoms with van der Waals surface area (Å²) in [6.07, 6.45) is 11.9. The van der Waals surface area contributed by atoms with Crippen LogP contribution < -0.4 is 10.6 Å². The van der Waals surface area contributed by atoms with Crippen molar-refractivity contribution in [3.63, 3.8) is 0 Å². The Balaban J connectivity index is 0.00000169. The predicted octanol–water partition coefficient (Wildman–Crippen LogP) is 4.37. The van der Waals surface area contributed by atoms with Crippen LogP contribution in [0.15, 0.2) is 35.3 Å². The van der Waals surface area contributed by atoms with E-state index < -0.39 is 0 Å². The maximum Gasteiger partial charge on any atom is 0.191 e. The predicted molar refractivity (Wildman–Crippen MR) is 111 cm³/mol. The molecule has 0 aliphatic heterocycles. The Hall–Kier alpha value is -0.780. The molecule has 2 N–H and O–H groups in total. The first-order chi connectivity index (χ1) is 11.3. The van der Waals surface area contributed by atoms with Gasteiger partial charge >= 0.3 is 0 Å². The fraction of sp³-hybridized carbons (Fsp3) is 0.650. The van der Waals surface area contributed by atoms with Gasteiger partial charge in [0.15, 0.2) is 5.96 Å². The molecule has 0 spiro atoms. The lowest BCUT2D eigenvalue weighted by atomic mass is 9.95. The van der Waals surface area contributed by atoms with E-state index in [1.807, 2.05) is 0 Å². The van der Waals surface area contributed by atoms with Crippen molar-refractivity contribution in [1.29, 1.82) is 0 Å². The van der Waals surface area contributed by atoms with Crippen LogP contribution in [0, 0.1) is 0 Å². The number of hydrogen-bond acceptors (Lipinski definition) is 1. The lowest BCUT2D eigenvalue weighted by Gasteiger charge is -2.25. The van der Waals surface area contributed by atoms with Gasteiger partial charge in [-0.25, -0.2) is 0 Å². The first-order valence-electron chi connectivity index (χ1n) is 9.47. The molecule has 3 aliphatic carbocycles. The number of nitrogens with one attached hydrogen (secondary N) is 2. The molecule has 0 unspecified atom stereocenters. The van der Waals surface area contributed by atoms with Gasteiger partial charge in [0.2, 0.25) is 0 Å². The molecule has 3 fully saturated rings. The summed E-state index contributed by atoms with van der Waals surface area (Å²) in [6, 6.07) is 12.2. The summed E-state index contributed by atoms with van der Waals surface area (Å²) in [6.45, 7) is 0.922. The fourth-order valence-corrected chi connectivity index (χ4v) is 3.71. The molecule has 132 valence electrons. The molecule has 0 amide bonds. The molecular weight excluding hydrogens is 409 g/mol. The molecule has 0 bridgehead atoms. The highest BCUT2D eigenvalue weighted by Gasteiger charge is 2.44. The Bertz CT molecular complexity index is 543. The van der Waals surface area contributed by atoms with Gasteiger partial charge in [0.1, 0.15) is 0 Å². The van der Waals surface area contributed by atoms with Crippen LogP contribution >= 0.6 is 24.0 Å². The molecule has 0 radical (unpaired) electrons. The Kier molecular flexibility index (Phi) is 6.06. The maximum atomic E-state index is 5.00. The van der Waals surface area contributed by atoms with Crippen LogP contribution in [0.3, 0.4) is 0 Å². The summed E-state index contributed by atoms with van der Waals surface area (Å²) in [7, 11) is 0. The Morgan fingerprint density at radius 1 is 0.917 bits per heavy atom. The van der Waals surface area contributed by atoms with E-state index in [2.05, 4.69) is 41.0 Å². The molecule has 3 saturated carbocycles. The molecule has 0 atom stereocenters. The van der Waals surface area contributed by atoms with Crippen LogP contribution in [0.4, 0.5) is 0 Å². The van der Waals surface area contributed by atoms with Gasteiger partial charge in [0.05, 0.1) is 6.54 Å². The zero-order valence-electron chi connectivity index (χ0n) is 14.5. The van der Waals surface area contributed by atoms with Crippen LogP contribution in [-0.2, 0) is 5.41 Å². The minimum Gasteiger partial charge on any atom is -0.354 e. The maximum absolute atomic E-state index is 5.00. The second-order valence-corrected chi connectivity index (χ2v) is 7.71. The van der Waals surface area contributed by atoms with Gasteiger partial charge in [-0.15, -0.1) is 24.0 Å². The third-order valence-corrected chi connectivity index (χ3v) is 5.64. The Morgan fingerprint density at radius 2 is 1.54 bits per heavy atom. The van der Waals surface area contributed by atoms with Gasteiger partial charge in [0.25, 0.3) is 0 Å². The molecule has 0 aromatic heterocycles. The molecule has 1 aromatic rings. The highest BCUT2D eigenvalue weighted by atomic mass is 127. The van der Waals surface area contributed by atoms with Crippen molar-refractivity contribution < 1.29 is 0 Å². The first-order valence-corrected chi connectivity index (χ1v) is 9.47. The van der Waals surface area contributed by atoms with Crippen LogP contribution in [0.2, 0.25) is 0 Å². The van der Waals surface area contributed by atoms with Gasteiger partial charge in [0, 0.05) is 17.5 Å². The van der Waals surface area contributed by atoms with Gasteiger partial charge in [-0.2, -0.15) is 0 Å². The van der Waals surface area contributed by atoms with Crippen molar-refractivity contribution in [2.24, 2.45) is 4.99 Å². The number of aliphatic imine (C=N–C) groups is 1. The lowest BCUT2D eigenvalue weighted by molar-refractivity contribution is 0.409. The second kappa shape index (κ2) is 8.07. The summed E-state index contributed by atoms with van der Waals surface area (Å²) >= 11 is 0. The Morgan fingerprint density at radius 3 is 2.12 bits per heavy atom. The van der Waals surface area contributed by atoms with E-state index in [4.69, 9.17) is 4.99 Å². The third kappa shape index (κ3) is 4.64. The summed E-state index contributed by atoms with van der Waals surface area (Å²) in [5.41, 5.74) is 1.78. The van der Waals surface area contributed by atoms with E-state index in [0.29, 0.717) is 17.5 Å². The second-order valence-electron chi connectivity index (χ2n) is 7.71. The van der Waals surface area contributed by atoms with Crippen LogP contribution in [0.5, 0.6) is 0 Å². The van der Waals surface area contributed by atoms with Gasteiger partial charge < -0.3 is 10.6 Å². The molecule has 24 heavy (non-hydrogen) atoms. The van der Waals surface area contributed by atoms with E-state index in [1.54, 1.807) is 0 Å². The van der Waals surface area contributed by atoms with Crippen molar-refractivity contribution >= 4 is 29.9 Å². The van der Waals surface area contributed by atoms with E-state index >= 15 is 0 Å². The minimum absolute atomic E-state index is 0. The van der Waals surface area contributed by atoms with E-state index in [1.165, 1.54) is 63.4 Å². The summed E-state index contributed by atoms with van der Waals surface area (Å²) in [4.78, 5) is 5.00. The number of halogens is 1. The number of hydrogen-bond donors (Lipinski definition) is 2. The summed E-state index contributed by atoms with van der Waals surface area (Å²) < 4.78 is 0. The molecule has 0 heterocycles. The normalized spacial score (nSPS) is 23.2. The zero-order chi connectivity index (χ0) is 15.5. The standard InChI is InChI=1S/C20H29N3.HI/c1-3-7-16(8-4-1)20(13-14-20)15-21-19(23-18-11-12-18)22-17-9-5-2-6-10-17;/h1,3-4,7-8,17-18H,2,5-6,9-15H2,(H2,21,22,23);1H. The van der Waals surface area contributed by atoms with Crippen molar-refractivity contribution in [2.45, 2.75) is 75.3 Å². The molecule has 3 aliphatic rings. The molecule has 0 saturated heterocycles. The lowest BCUT2D eigenvalue weighted by Crippen LogP contribution is -2.45. The van der Waals surface area contributed by atoms with Crippen molar-refractivity contribution in [3.05, 3.63) is 35.9 Å². The van der Waals surface area contributed by atoms with Crippen molar-refractivity contribution in [3.8, 4) is 0 Å². The topological polar surface area (TPSA) is 36.4 Å². The van der Waals surface area contributed by atoms with E-state index in [9.17, 15) is 0 Å². The molecular formula is C20H30IN3. The number of guanidine groups is 1. The number of rotatable bonds is 5. The largest absolute Gasteiger partial charge is 0.354 e. The number of benzene rings is 1. The molecule has 3 nitrogen and oxygen atoms in total. The van der Waals surface area contributed by atoms with Gasteiger partial charge in [-0.1, -0.05) is 49.6 Å². The first kappa shape index (κ1) is 18.0. The third-order valence-electron chi connectivity index (χ3n) is 5.64. The fourth-order valence-electron chi connectivity index (χ4n) is 3.71. The SMILES string of the molecule is I.c1ccc(C2(CN=C(NC3CCCCC3)NC3CC3)CC2)cc1. The van der Waals surface area contributed by atoms with Gasteiger partial charge in [-0.05, 0) is 44.1 Å². The summed E-state index contributed by atoms with van der Waals surface area (Å²) in [5, 5.41) is 7.35. The van der Waals surface area contributed by atoms with Crippen LogP contribution in [-0.4, -0.2) is 24.6 Å². The van der Waals surface area contributed by atoms with E-state index in [-0.39, 0.29) is 24.0 Å². The smallest absolute Gasteiger partial charge is 0.191 e. The highest BCUT2D eigenvalue weighted by Crippen LogP contribution is 2.48. The summed E-state index contributed by atoms with van der Waals surface area (Å²) in [5.74, 6) is 1.07. The van der Waals surface area contributed by atoms with E-state index in [0.717, 1.165) is 12.5 Å². The quantitative estimate of drug-likeness (QED) is 0.406.